The fourth-order valence-corrected chi connectivity index (χ4v) is 5.43. The minimum Gasteiger partial charge on any atom is -0.422 e. The molecule has 9 nitrogen and oxygen atoms in total. The summed E-state index contributed by atoms with van der Waals surface area (Å²) in [4.78, 5) is 12.6. The molecule has 2 atom stereocenters. The summed E-state index contributed by atoms with van der Waals surface area (Å²) in [5.41, 5.74) is 1.04. The molecular weight excluding hydrogens is 426 g/mol. The van der Waals surface area contributed by atoms with Crippen molar-refractivity contribution in [1.82, 2.24) is 24.2 Å². The molecule has 0 spiro atoms. The number of sulfonamides is 1. The monoisotopic (exact) mass is 451 g/mol. The Balaban J connectivity index is 1.56. The van der Waals surface area contributed by atoms with Gasteiger partial charge in [0.2, 0.25) is 15.9 Å². The van der Waals surface area contributed by atoms with E-state index in [0.29, 0.717) is 22.2 Å². The van der Waals surface area contributed by atoms with Crippen LogP contribution >= 0.6 is 11.8 Å². The molecule has 11 heteroatoms. The average Bonchev–Trinajstić information content (AvgIpc) is 3.26. The van der Waals surface area contributed by atoms with Crippen LogP contribution in [0.1, 0.15) is 32.6 Å². The maximum atomic E-state index is 12.5. The summed E-state index contributed by atoms with van der Waals surface area (Å²) < 4.78 is 33.4. The summed E-state index contributed by atoms with van der Waals surface area (Å²) >= 11 is 1.25. The molecule has 1 amide bonds. The Morgan fingerprint density at radius 1 is 1.30 bits per heavy atom. The van der Waals surface area contributed by atoms with Gasteiger partial charge in [-0.05, 0) is 37.0 Å². The van der Waals surface area contributed by atoms with Gasteiger partial charge in [-0.15, -0.1) is 5.10 Å². The van der Waals surface area contributed by atoms with Gasteiger partial charge >= 0.3 is 5.84 Å². The number of carbonyl (C=O) groups is 1. The summed E-state index contributed by atoms with van der Waals surface area (Å²) in [6.45, 7) is 2.18. The van der Waals surface area contributed by atoms with E-state index in [4.69, 9.17) is 4.42 Å². The van der Waals surface area contributed by atoms with E-state index in [9.17, 15) is 13.2 Å². The Kier molecular flexibility index (Phi) is 5.78. The third-order valence-electron chi connectivity index (χ3n) is 5.55. The van der Waals surface area contributed by atoms with Crippen LogP contribution in [0.5, 0.6) is 0 Å². The van der Waals surface area contributed by atoms with Gasteiger partial charge in [0.25, 0.3) is 0 Å². The van der Waals surface area contributed by atoms with Crippen LogP contribution in [0.15, 0.2) is 32.7 Å². The molecular formula is C19H25N5O4S2. The van der Waals surface area contributed by atoms with Crippen molar-refractivity contribution in [2.45, 2.75) is 48.7 Å². The van der Waals surface area contributed by atoms with Crippen LogP contribution < -0.4 is 5.32 Å². The predicted octanol–water partition coefficient (Wildman–Crippen LogP) is 2.51. The van der Waals surface area contributed by atoms with Gasteiger partial charge in [-0.1, -0.05) is 36.6 Å². The standard InChI is InChI=1S/C19H25N5O4S2/c1-12-6-4-5-7-14(12)20-17(25)11-29-19-22-21-18-24(19)15-10-13(8-9-16(15)28-18)30(26,27)23(2)3/h8-10,12,14H,4-7,11H2,1-3H3,(H,20,25). The van der Waals surface area contributed by atoms with Crippen molar-refractivity contribution in [1.29, 1.82) is 0 Å². The Hall–Kier alpha value is -2.11. The van der Waals surface area contributed by atoms with E-state index in [-0.39, 0.29) is 28.4 Å². The second-order valence-corrected chi connectivity index (χ2v) is 10.9. The Labute approximate surface area is 179 Å². The highest BCUT2D eigenvalue weighted by Crippen LogP contribution is 2.28. The van der Waals surface area contributed by atoms with Crippen molar-refractivity contribution in [3.8, 4) is 0 Å². The van der Waals surface area contributed by atoms with E-state index in [1.54, 1.807) is 16.5 Å². The number of nitrogens with zero attached hydrogens (tertiary/aromatic N) is 4. The molecule has 162 valence electrons. The Morgan fingerprint density at radius 2 is 2.07 bits per heavy atom. The largest absolute Gasteiger partial charge is 0.422 e. The van der Waals surface area contributed by atoms with E-state index in [2.05, 4.69) is 22.4 Å². The molecule has 1 saturated carbocycles. The van der Waals surface area contributed by atoms with Crippen molar-refractivity contribution < 1.29 is 17.6 Å². The molecule has 2 heterocycles. The number of nitrogens with one attached hydrogen (secondary N) is 1. The van der Waals surface area contributed by atoms with Crippen molar-refractivity contribution >= 4 is 44.6 Å². The fraction of sp³-hybridized carbons (Fsp3) is 0.526. The molecule has 1 fully saturated rings. The first-order chi connectivity index (χ1) is 14.3. The molecule has 1 N–H and O–H groups in total. The molecule has 1 aliphatic rings. The molecule has 0 bridgehead atoms. The molecule has 1 aliphatic carbocycles. The van der Waals surface area contributed by atoms with Crippen LogP contribution in [-0.4, -0.2) is 59.1 Å². The van der Waals surface area contributed by atoms with Crippen LogP contribution in [0.3, 0.4) is 0 Å². The van der Waals surface area contributed by atoms with Crippen LogP contribution in [-0.2, 0) is 14.8 Å². The SMILES string of the molecule is CC1CCCCC1NC(=O)CSc1nnc2oc3ccc(S(=O)(=O)N(C)C)cc3n12. The lowest BCUT2D eigenvalue weighted by molar-refractivity contribution is -0.119. The number of thioether (sulfide) groups is 1. The Morgan fingerprint density at radius 3 is 2.80 bits per heavy atom. The van der Waals surface area contributed by atoms with E-state index < -0.39 is 10.0 Å². The van der Waals surface area contributed by atoms with E-state index >= 15 is 0 Å². The summed E-state index contributed by atoms with van der Waals surface area (Å²) in [6, 6.07) is 4.86. The average molecular weight is 452 g/mol. The zero-order chi connectivity index (χ0) is 21.5. The fourth-order valence-electron chi connectivity index (χ4n) is 3.76. The van der Waals surface area contributed by atoms with Crippen molar-refractivity contribution in [3.05, 3.63) is 18.2 Å². The van der Waals surface area contributed by atoms with Gasteiger partial charge < -0.3 is 9.73 Å². The van der Waals surface area contributed by atoms with Crippen LogP contribution in [0, 0.1) is 5.92 Å². The van der Waals surface area contributed by atoms with Gasteiger partial charge in [0.1, 0.15) is 0 Å². The summed E-state index contributed by atoms with van der Waals surface area (Å²) in [5.74, 6) is 0.904. The van der Waals surface area contributed by atoms with Crippen molar-refractivity contribution in [2.24, 2.45) is 5.92 Å². The van der Waals surface area contributed by atoms with Gasteiger partial charge in [0.05, 0.1) is 16.2 Å². The Bertz CT molecular complexity index is 1180. The van der Waals surface area contributed by atoms with Gasteiger partial charge in [0, 0.05) is 20.1 Å². The second kappa shape index (κ2) is 8.20. The number of benzene rings is 1. The number of carbonyl (C=O) groups excluding carboxylic acids is 1. The molecule has 3 aromatic rings. The molecule has 2 unspecified atom stereocenters. The van der Waals surface area contributed by atoms with Crippen LogP contribution in [0.25, 0.3) is 16.9 Å². The molecule has 0 aliphatic heterocycles. The van der Waals surface area contributed by atoms with Crippen molar-refractivity contribution in [2.75, 3.05) is 19.8 Å². The highest BCUT2D eigenvalue weighted by atomic mass is 32.2. The molecule has 1 aromatic carbocycles. The lowest BCUT2D eigenvalue weighted by Gasteiger charge is -2.29. The maximum absolute atomic E-state index is 12.5. The van der Waals surface area contributed by atoms with Gasteiger partial charge in [0.15, 0.2) is 10.7 Å². The molecule has 4 rings (SSSR count). The number of aromatic nitrogens is 3. The van der Waals surface area contributed by atoms with Gasteiger partial charge in [-0.3, -0.25) is 4.79 Å². The molecule has 0 saturated heterocycles. The zero-order valence-electron chi connectivity index (χ0n) is 17.2. The van der Waals surface area contributed by atoms with Gasteiger partial charge in [-0.25, -0.2) is 17.1 Å². The zero-order valence-corrected chi connectivity index (χ0v) is 18.8. The normalized spacial score (nSPS) is 20.3. The number of fused-ring (bicyclic) bond motifs is 3. The minimum absolute atomic E-state index is 0.0424. The molecule has 30 heavy (non-hydrogen) atoms. The topological polar surface area (TPSA) is 110 Å². The number of oxazole rings is 1. The van der Waals surface area contributed by atoms with Crippen molar-refractivity contribution in [3.63, 3.8) is 0 Å². The maximum Gasteiger partial charge on any atom is 0.328 e. The highest BCUT2D eigenvalue weighted by Gasteiger charge is 2.24. The highest BCUT2D eigenvalue weighted by molar-refractivity contribution is 7.99. The van der Waals surface area contributed by atoms with Gasteiger partial charge in [-0.2, -0.15) is 0 Å². The lowest BCUT2D eigenvalue weighted by atomic mass is 9.86. The predicted molar refractivity (Wildman–Crippen MR) is 114 cm³/mol. The van der Waals surface area contributed by atoms with Crippen LogP contribution in [0.2, 0.25) is 0 Å². The number of rotatable bonds is 6. The second-order valence-electron chi connectivity index (χ2n) is 7.84. The smallest absolute Gasteiger partial charge is 0.328 e. The number of amides is 1. The first kappa shape index (κ1) is 21.1. The third kappa shape index (κ3) is 3.93. The lowest BCUT2D eigenvalue weighted by Crippen LogP contribution is -2.41. The quantitative estimate of drug-likeness (QED) is 0.574. The number of hydrogen-bond acceptors (Lipinski definition) is 7. The molecule has 2 aromatic heterocycles. The third-order valence-corrected chi connectivity index (χ3v) is 8.29. The summed E-state index contributed by atoms with van der Waals surface area (Å²) in [5, 5.41) is 11.7. The van der Waals surface area contributed by atoms with E-state index in [1.807, 2.05) is 0 Å². The first-order valence-corrected chi connectivity index (χ1v) is 12.3. The van der Waals surface area contributed by atoms with E-state index in [1.165, 1.54) is 38.3 Å². The van der Waals surface area contributed by atoms with E-state index in [0.717, 1.165) is 23.6 Å². The minimum atomic E-state index is -3.59. The number of hydrogen-bond donors (Lipinski definition) is 1. The first-order valence-electron chi connectivity index (χ1n) is 9.90. The molecule has 0 radical (unpaired) electrons. The summed E-state index contributed by atoms with van der Waals surface area (Å²) in [7, 11) is -0.627. The summed E-state index contributed by atoms with van der Waals surface area (Å²) in [6.07, 6.45) is 4.52. The van der Waals surface area contributed by atoms with Crippen LogP contribution in [0.4, 0.5) is 0 Å².